The van der Waals surface area contributed by atoms with Crippen LogP contribution in [0.15, 0.2) is 53.7 Å². The number of aromatic nitrogens is 4. The summed E-state index contributed by atoms with van der Waals surface area (Å²) in [7, 11) is -2.28. The Morgan fingerprint density at radius 2 is 1.82 bits per heavy atom. The molecule has 1 aliphatic carbocycles. The van der Waals surface area contributed by atoms with Gasteiger partial charge in [0.25, 0.3) is 10.0 Å². The first-order chi connectivity index (χ1) is 16.4. The molecule has 0 atom stereocenters. The Morgan fingerprint density at radius 3 is 2.53 bits per heavy atom. The third kappa shape index (κ3) is 3.94. The monoisotopic (exact) mass is 478 g/mol. The second-order valence-electron chi connectivity index (χ2n) is 8.52. The van der Waals surface area contributed by atoms with Gasteiger partial charge in [-0.05, 0) is 44.0 Å². The number of aryl methyl sites for hydroxylation is 1. The molecule has 1 aliphatic rings. The SMILES string of the molecule is COc1cc(-c2nn(C3CCCC3)c3ncnc(N)c23)ccc1NS(=O)(=O)c1ccc(C)cc1. The van der Waals surface area contributed by atoms with E-state index >= 15 is 0 Å². The van der Waals surface area contributed by atoms with Gasteiger partial charge in [0.2, 0.25) is 0 Å². The molecule has 0 aliphatic heterocycles. The minimum Gasteiger partial charge on any atom is -0.495 e. The molecule has 5 rings (SSSR count). The molecule has 1 saturated carbocycles. The molecule has 0 spiro atoms. The van der Waals surface area contributed by atoms with Crippen molar-refractivity contribution >= 4 is 32.6 Å². The lowest BCUT2D eigenvalue weighted by molar-refractivity contribution is 0.417. The number of benzene rings is 2. The highest BCUT2D eigenvalue weighted by Gasteiger charge is 2.25. The van der Waals surface area contributed by atoms with Crippen LogP contribution in [-0.4, -0.2) is 35.3 Å². The Hall–Kier alpha value is -3.66. The number of rotatable bonds is 6. The van der Waals surface area contributed by atoms with Crippen LogP contribution in [0.25, 0.3) is 22.3 Å². The summed E-state index contributed by atoms with van der Waals surface area (Å²) in [5.74, 6) is 0.722. The van der Waals surface area contributed by atoms with Gasteiger partial charge in [0.05, 0.1) is 29.1 Å². The van der Waals surface area contributed by atoms with Crippen LogP contribution in [0.5, 0.6) is 5.75 Å². The predicted molar refractivity (Wildman–Crippen MR) is 131 cm³/mol. The fourth-order valence-electron chi connectivity index (χ4n) is 4.44. The van der Waals surface area contributed by atoms with Crippen molar-refractivity contribution in [3.8, 4) is 17.0 Å². The van der Waals surface area contributed by atoms with E-state index in [2.05, 4.69) is 14.7 Å². The van der Waals surface area contributed by atoms with Crippen LogP contribution in [0.4, 0.5) is 11.5 Å². The summed E-state index contributed by atoms with van der Waals surface area (Å²) in [5.41, 5.74) is 9.63. The van der Waals surface area contributed by atoms with Gasteiger partial charge in [0.1, 0.15) is 23.6 Å². The van der Waals surface area contributed by atoms with E-state index in [-0.39, 0.29) is 10.9 Å². The minimum atomic E-state index is -3.78. The molecule has 0 unspecified atom stereocenters. The molecule has 176 valence electrons. The number of hydrogen-bond acceptors (Lipinski definition) is 7. The number of ether oxygens (including phenoxy) is 1. The van der Waals surface area contributed by atoms with E-state index in [0.29, 0.717) is 34.0 Å². The van der Waals surface area contributed by atoms with Crippen molar-refractivity contribution in [3.05, 3.63) is 54.4 Å². The largest absolute Gasteiger partial charge is 0.495 e. The highest BCUT2D eigenvalue weighted by molar-refractivity contribution is 7.92. The molecule has 0 radical (unpaired) electrons. The zero-order valence-corrected chi connectivity index (χ0v) is 19.8. The summed E-state index contributed by atoms with van der Waals surface area (Å²) >= 11 is 0. The van der Waals surface area contributed by atoms with Crippen LogP contribution >= 0.6 is 0 Å². The fourth-order valence-corrected chi connectivity index (χ4v) is 5.52. The number of fused-ring (bicyclic) bond motifs is 1. The summed E-state index contributed by atoms with van der Waals surface area (Å²) in [6.45, 7) is 1.90. The molecule has 34 heavy (non-hydrogen) atoms. The van der Waals surface area contributed by atoms with Crippen molar-refractivity contribution in [1.82, 2.24) is 19.7 Å². The number of nitrogen functional groups attached to an aromatic ring is 1. The third-order valence-electron chi connectivity index (χ3n) is 6.24. The van der Waals surface area contributed by atoms with Crippen LogP contribution in [0, 0.1) is 6.92 Å². The minimum absolute atomic E-state index is 0.176. The number of sulfonamides is 1. The molecule has 4 aromatic rings. The number of anilines is 2. The quantitative estimate of drug-likeness (QED) is 0.423. The van der Waals surface area contributed by atoms with Crippen molar-refractivity contribution < 1.29 is 13.2 Å². The van der Waals surface area contributed by atoms with Gasteiger partial charge in [0.15, 0.2) is 5.65 Å². The maximum atomic E-state index is 12.9. The smallest absolute Gasteiger partial charge is 0.262 e. The maximum Gasteiger partial charge on any atom is 0.262 e. The van der Waals surface area contributed by atoms with Crippen molar-refractivity contribution in [1.29, 1.82) is 0 Å². The first kappa shape index (κ1) is 22.1. The standard InChI is InChI=1S/C24H26N6O3S/c1-15-7-10-18(11-8-15)34(31,32)29-19-12-9-16(13-20(19)33-2)22-21-23(25)26-14-27-24(21)30(28-22)17-5-3-4-6-17/h7-14,17,29H,3-6H2,1-2H3,(H2,25,26,27). The zero-order valence-electron chi connectivity index (χ0n) is 19.0. The number of nitrogens with two attached hydrogens (primary N) is 1. The lowest BCUT2D eigenvalue weighted by atomic mass is 10.1. The molecule has 1 fully saturated rings. The average Bonchev–Trinajstić information content (AvgIpc) is 3.48. The molecule has 3 N–H and O–H groups in total. The highest BCUT2D eigenvalue weighted by Crippen LogP contribution is 2.39. The molecular weight excluding hydrogens is 452 g/mol. The number of nitrogens with one attached hydrogen (secondary N) is 1. The third-order valence-corrected chi connectivity index (χ3v) is 7.62. The second kappa shape index (κ2) is 8.60. The second-order valence-corrected chi connectivity index (χ2v) is 10.2. The van der Waals surface area contributed by atoms with Crippen LogP contribution in [-0.2, 0) is 10.0 Å². The van der Waals surface area contributed by atoms with Gasteiger partial charge in [-0.15, -0.1) is 0 Å². The van der Waals surface area contributed by atoms with Crippen LogP contribution in [0.2, 0.25) is 0 Å². The molecule has 9 nitrogen and oxygen atoms in total. The zero-order chi connectivity index (χ0) is 23.9. The Balaban J connectivity index is 1.56. The van der Waals surface area contributed by atoms with E-state index in [1.54, 1.807) is 42.5 Å². The normalized spacial score (nSPS) is 14.5. The topological polar surface area (TPSA) is 125 Å². The molecule has 2 aromatic carbocycles. The van der Waals surface area contributed by atoms with Gasteiger partial charge in [-0.3, -0.25) is 4.72 Å². The highest BCUT2D eigenvalue weighted by atomic mass is 32.2. The summed E-state index contributed by atoms with van der Waals surface area (Å²) < 4.78 is 35.9. The Morgan fingerprint density at radius 1 is 1.09 bits per heavy atom. The van der Waals surface area contributed by atoms with Crippen molar-refractivity contribution in [2.75, 3.05) is 17.6 Å². The van der Waals surface area contributed by atoms with Gasteiger partial charge in [-0.1, -0.05) is 36.6 Å². The number of hydrogen-bond donors (Lipinski definition) is 2. The molecule has 0 saturated heterocycles. The molecule has 2 heterocycles. The summed E-state index contributed by atoms with van der Waals surface area (Å²) in [5, 5.41) is 5.56. The molecule has 0 amide bonds. The lowest BCUT2D eigenvalue weighted by Crippen LogP contribution is -2.13. The van der Waals surface area contributed by atoms with Crippen molar-refractivity contribution in [2.45, 2.75) is 43.5 Å². The number of methoxy groups -OCH3 is 1. The lowest BCUT2D eigenvalue weighted by Gasteiger charge is -2.13. The van der Waals surface area contributed by atoms with Crippen LogP contribution < -0.4 is 15.2 Å². The van der Waals surface area contributed by atoms with Crippen molar-refractivity contribution in [3.63, 3.8) is 0 Å². The van der Waals surface area contributed by atoms with E-state index in [9.17, 15) is 8.42 Å². The fraction of sp³-hybridized carbons (Fsp3) is 0.292. The van der Waals surface area contributed by atoms with E-state index in [0.717, 1.165) is 36.8 Å². The summed E-state index contributed by atoms with van der Waals surface area (Å²) in [6, 6.07) is 12.1. The van der Waals surface area contributed by atoms with Crippen molar-refractivity contribution in [2.24, 2.45) is 0 Å². The van der Waals surface area contributed by atoms with Gasteiger partial charge in [-0.2, -0.15) is 5.10 Å². The van der Waals surface area contributed by atoms with E-state index < -0.39 is 10.0 Å². The van der Waals surface area contributed by atoms with E-state index in [4.69, 9.17) is 15.6 Å². The molecular formula is C24H26N6O3S. The van der Waals surface area contributed by atoms with Crippen LogP contribution in [0.3, 0.4) is 0 Å². The van der Waals surface area contributed by atoms with E-state index in [1.165, 1.54) is 13.4 Å². The van der Waals surface area contributed by atoms with E-state index in [1.807, 2.05) is 11.6 Å². The Bertz CT molecular complexity index is 1460. The average molecular weight is 479 g/mol. The Kier molecular flexibility index (Phi) is 5.60. The number of nitrogens with zero attached hydrogens (tertiary/aromatic N) is 4. The van der Waals surface area contributed by atoms with Gasteiger partial charge in [-0.25, -0.2) is 23.1 Å². The Labute approximate surface area is 198 Å². The first-order valence-electron chi connectivity index (χ1n) is 11.1. The summed E-state index contributed by atoms with van der Waals surface area (Å²) in [6.07, 6.45) is 5.86. The molecule has 0 bridgehead atoms. The van der Waals surface area contributed by atoms with Gasteiger partial charge < -0.3 is 10.5 Å². The van der Waals surface area contributed by atoms with Gasteiger partial charge in [0, 0.05) is 5.56 Å². The first-order valence-corrected chi connectivity index (χ1v) is 12.6. The predicted octanol–water partition coefficient (Wildman–Crippen LogP) is 4.31. The maximum absolute atomic E-state index is 12.9. The molecule has 2 aromatic heterocycles. The van der Waals surface area contributed by atoms with Gasteiger partial charge >= 0.3 is 0 Å². The van der Waals surface area contributed by atoms with Crippen LogP contribution in [0.1, 0.15) is 37.3 Å². The summed E-state index contributed by atoms with van der Waals surface area (Å²) in [4.78, 5) is 8.82. The molecule has 10 heteroatoms.